The number of ether oxygens (including phenoxy) is 2. The van der Waals surface area contributed by atoms with E-state index in [-0.39, 0.29) is 23.1 Å². The van der Waals surface area contributed by atoms with Crippen molar-refractivity contribution in [1.82, 2.24) is 20.5 Å². The summed E-state index contributed by atoms with van der Waals surface area (Å²) < 4.78 is 10.8. The van der Waals surface area contributed by atoms with Crippen molar-refractivity contribution in [3.8, 4) is 5.75 Å². The number of esters is 1. The second-order valence-electron chi connectivity index (χ2n) is 10.6. The van der Waals surface area contributed by atoms with Crippen LogP contribution in [0.3, 0.4) is 0 Å². The summed E-state index contributed by atoms with van der Waals surface area (Å²) in [4.78, 5) is 41.9. The number of alkyl carbamates (subject to hydrolysis) is 1. The van der Waals surface area contributed by atoms with Gasteiger partial charge < -0.3 is 25.2 Å². The minimum absolute atomic E-state index is 0.0418. The summed E-state index contributed by atoms with van der Waals surface area (Å²) in [5.41, 5.74) is 0.555. The normalized spacial score (nSPS) is 11.9. The number of amides is 2. The predicted octanol–water partition coefficient (Wildman–Crippen LogP) is 5.26. The average molecular weight is 607 g/mol. The van der Waals surface area contributed by atoms with Crippen LogP contribution in [0.2, 0.25) is 0 Å². The van der Waals surface area contributed by atoms with Crippen molar-refractivity contribution < 1.29 is 29.0 Å². The number of pyridine rings is 1. The third-order valence-electron chi connectivity index (χ3n) is 6.03. The van der Waals surface area contributed by atoms with E-state index in [0.717, 1.165) is 16.9 Å². The minimum atomic E-state index is -0.739. The number of anilines is 2. The number of carbonyl (C=O) groups excluding carboxylic acids is 3. The number of aromatic hydroxyl groups is 1. The highest BCUT2D eigenvalue weighted by Crippen LogP contribution is 2.29. The molecule has 43 heavy (non-hydrogen) atoms. The summed E-state index contributed by atoms with van der Waals surface area (Å²) in [6, 6.07) is 15.4. The van der Waals surface area contributed by atoms with Crippen LogP contribution in [0.15, 0.2) is 60.8 Å². The molecule has 0 saturated carbocycles. The Morgan fingerprint density at radius 3 is 2.51 bits per heavy atom. The fraction of sp³-hybridized carbons (Fsp3) is 0.333. The van der Waals surface area contributed by atoms with Gasteiger partial charge in [-0.15, -0.1) is 10.2 Å². The van der Waals surface area contributed by atoms with Crippen molar-refractivity contribution in [2.75, 3.05) is 17.2 Å². The van der Waals surface area contributed by atoms with Gasteiger partial charge in [-0.3, -0.25) is 15.1 Å². The maximum absolute atomic E-state index is 12.9. The zero-order chi connectivity index (χ0) is 30.8. The fourth-order valence-corrected chi connectivity index (χ4v) is 4.71. The van der Waals surface area contributed by atoms with E-state index in [1.165, 1.54) is 12.3 Å². The number of fused-ring (bicyclic) bond motifs is 1. The molecule has 0 spiro atoms. The van der Waals surface area contributed by atoms with E-state index >= 15 is 0 Å². The maximum Gasteiger partial charge on any atom is 0.407 e. The van der Waals surface area contributed by atoms with Crippen LogP contribution < -0.4 is 16.0 Å². The van der Waals surface area contributed by atoms with Gasteiger partial charge in [0.15, 0.2) is 5.75 Å². The van der Waals surface area contributed by atoms with Gasteiger partial charge >= 0.3 is 12.1 Å². The molecule has 226 valence electrons. The molecular formula is C30H34N6O6S. The van der Waals surface area contributed by atoms with Crippen LogP contribution in [0.25, 0.3) is 10.9 Å². The van der Waals surface area contributed by atoms with Crippen LogP contribution in [-0.4, -0.2) is 56.4 Å². The van der Waals surface area contributed by atoms with Gasteiger partial charge in [-0.2, -0.15) is 0 Å². The Morgan fingerprint density at radius 2 is 1.74 bits per heavy atom. The first kappa shape index (κ1) is 31.2. The van der Waals surface area contributed by atoms with E-state index in [0.29, 0.717) is 41.8 Å². The van der Waals surface area contributed by atoms with Gasteiger partial charge in [0.05, 0.1) is 5.56 Å². The van der Waals surface area contributed by atoms with Gasteiger partial charge in [0.2, 0.25) is 10.3 Å². The molecule has 0 radical (unpaired) electrons. The van der Waals surface area contributed by atoms with Gasteiger partial charge in [-0.1, -0.05) is 53.8 Å². The fourth-order valence-electron chi connectivity index (χ4n) is 4.02. The lowest BCUT2D eigenvalue weighted by Gasteiger charge is -2.24. The Labute approximate surface area is 252 Å². The number of aromatic nitrogens is 3. The molecule has 0 aliphatic heterocycles. The second-order valence-corrected chi connectivity index (χ2v) is 11.6. The van der Waals surface area contributed by atoms with E-state index < -0.39 is 29.6 Å². The number of hydrogen-bond acceptors (Lipinski definition) is 11. The molecule has 4 rings (SSSR count). The van der Waals surface area contributed by atoms with Crippen LogP contribution in [0.1, 0.15) is 56.0 Å². The van der Waals surface area contributed by atoms with E-state index in [1.807, 2.05) is 30.3 Å². The lowest BCUT2D eigenvalue weighted by molar-refractivity contribution is -0.156. The lowest BCUT2D eigenvalue weighted by Crippen LogP contribution is -2.36. The molecule has 2 amide bonds. The van der Waals surface area contributed by atoms with E-state index in [9.17, 15) is 19.5 Å². The molecule has 2 aromatic carbocycles. The topological polar surface area (TPSA) is 165 Å². The molecule has 0 bridgehead atoms. The summed E-state index contributed by atoms with van der Waals surface area (Å²) in [5, 5.41) is 28.2. The number of nitrogens with zero attached hydrogens (tertiary/aromatic N) is 3. The van der Waals surface area contributed by atoms with Crippen molar-refractivity contribution in [3.63, 3.8) is 0 Å². The largest absolute Gasteiger partial charge is 0.505 e. The summed E-state index contributed by atoms with van der Waals surface area (Å²) >= 11 is 1.04. The number of rotatable bonds is 12. The third kappa shape index (κ3) is 9.36. The van der Waals surface area contributed by atoms with Gasteiger partial charge in [0, 0.05) is 18.1 Å². The van der Waals surface area contributed by atoms with Crippen molar-refractivity contribution in [1.29, 1.82) is 0 Å². The number of phenolic OH excluding ortho intramolecular Hbond substituents is 1. The highest BCUT2D eigenvalue weighted by Gasteiger charge is 2.26. The van der Waals surface area contributed by atoms with Crippen LogP contribution in [-0.2, 0) is 20.9 Å². The lowest BCUT2D eigenvalue weighted by atomic mass is 10.1. The highest BCUT2D eigenvalue weighted by molar-refractivity contribution is 7.19. The molecule has 2 heterocycles. The van der Waals surface area contributed by atoms with Crippen LogP contribution in [0.5, 0.6) is 5.75 Å². The standard InChI is InChI=1S/C30H34N6O6S/c1-30(2,3)42-26(39)22(13-7-8-16-32-29(40)41-18-19-10-5-4-6-11-19)33-27-35-36-28(43-27)34-25(38)21-15-14-20-12-9-17-31-23(20)24(21)37/h4-6,9-12,14-15,17,22,37H,7-8,13,16,18H2,1-3H3,(H,32,40)(H,33,35)(H,34,36,38)/t22-/m0/s1. The Bertz CT molecular complexity index is 1560. The predicted molar refractivity (Wildman–Crippen MR) is 163 cm³/mol. The number of carbonyl (C=O) groups is 3. The molecule has 0 aliphatic rings. The van der Waals surface area contributed by atoms with Gasteiger partial charge in [-0.05, 0) is 57.7 Å². The maximum atomic E-state index is 12.9. The first-order valence-electron chi connectivity index (χ1n) is 13.7. The molecular weight excluding hydrogens is 572 g/mol. The number of phenols is 1. The summed E-state index contributed by atoms with van der Waals surface area (Å²) in [5.74, 6) is -1.27. The van der Waals surface area contributed by atoms with Crippen molar-refractivity contribution in [2.24, 2.45) is 0 Å². The number of unbranched alkanes of at least 4 members (excludes halogenated alkanes) is 1. The average Bonchev–Trinajstić information content (AvgIpc) is 3.41. The van der Waals surface area contributed by atoms with Gasteiger partial charge in [0.25, 0.3) is 5.91 Å². The first-order chi connectivity index (χ1) is 20.6. The zero-order valence-electron chi connectivity index (χ0n) is 24.1. The van der Waals surface area contributed by atoms with Crippen molar-refractivity contribution >= 4 is 50.5 Å². The molecule has 0 saturated heterocycles. The number of benzene rings is 2. The summed E-state index contributed by atoms with van der Waals surface area (Å²) in [6.07, 6.45) is 2.61. The molecule has 12 nitrogen and oxygen atoms in total. The Hall–Kier alpha value is -4.78. The van der Waals surface area contributed by atoms with E-state index in [4.69, 9.17) is 9.47 Å². The van der Waals surface area contributed by atoms with E-state index in [1.54, 1.807) is 39.0 Å². The van der Waals surface area contributed by atoms with Crippen molar-refractivity contribution in [3.05, 3.63) is 71.9 Å². The Morgan fingerprint density at radius 1 is 0.977 bits per heavy atom. The van der Waals surface area contributed by atoms with Crippen molar-refractivity contribution in [2.45, 2.75) is 58.3 Å². The SMILES string of the molecule is CC(C)(C)OC(=O)[C@H](CCCCNC(=O)OCc1ccccc1)Nc1nnc(NC(=O)c2ccc3cccnc3c2O)s1. The molecule has 1 atom stereocenters. The molecule has 0 unspecified atom stereocenters. The van der Waals surface area contributed by atoms with E-state index in [2.05, 4.69) is 31.1 Å². The van der Waals surface area contributed by atoms with Crippen LogP contribution >= 0.6 is 11.3 Å². The minimum Gasteiger partial charge on any atom is -0.505 e. The Balaban J connectivity index is 1.30. The Kier molecular flexibility index (Phi) is 10.4. The quantitative estimate of drug-likeness (QED) is 0.123. The zero-order valence-corrected chi connectivity index (χ0v) is 24.9. The summed E-state index contributed by atoms with van der Waals surface area (Å²) in [6.45, 7) is 5.90. The summed E-state index contributed by atoms with van der Waals surface area (Å²) in [7, 11) is 0. The van der Waals surface area contributed by atoms with Gasteiger partial charge in [-0.25, -0.2) is 9.59 Å². The molecule has 4 aromatic rings. The molecule has 2 aromatic heterocycles. The molecule has 4 N–H and O–H groups in total. The molecule has 0 aliphatic carbocycles. The van der Waals surface area contributed by atoms with Crippen LogP contribution in [0, 0.1) is 0 Å². The number of nitrogens with one attached hydrogen (secondary N) is 3. The van der Waals surface area contributed by atoms with Crippen LogP contribution in [0.4, 0.5) is 15.1 Å². The highest BCUT2D eigenvalue weighted by atomic mass is 32.1. The third-order valence-corrected chi connectivity index (χ3v) is 6.80. The number of hydrogen-bond donors (Lipinski definition) is 4. The smallest absolute Gasteiger partial charge is 0.407 e. The van der Waals surface area contributed by atoms with Gasteiger partial charge in [0.1, 0.15) is 23.8 Å². The second kappa shape index (κ2) is 14.4. The first-order valence-corrected chi connectivity index (χ1v) is 14.6. The molecule has 13 heteroatoms. The molecule has 0 fully saturated rings. The monoisotopic (exact) mass is 606 g/mol.